The van der Waals surface area contributed by atoms with Crippen LogP contribution < -0.4 is 24.4 Å². The summed E-state index contributed by atoms with van der Waals surface area (Å²) >= 11 is 1.17. The molecule has 0 fully saturated rings. The molecule has 5 rings (SSSR count). The van der Waals surface area contributed by atoms with Gasteiger partial charge in [-0.2, -0.15) is 0 Å². The highest BCUT2D eigenvalue weighted by Crippen LogP contribution is 2.38. The minimum absolute atomic E-state index is 0.0583. The lowest BCUT2D eigenvalue weighted by Gasteiger charge is -2.27. The summed E-state index contributed by atoms with van der Waals surface area (Å²) in [6.45, 7) is 3.86. The zero-order valence-corrected chi connectivity index (χ0v) is 24.8. The highest BCUT2D eigenvalue weighted by molar-refractivity contribution is 7.07. The van der Waals surface area contributed by atoms with Crippen LogP contribution in [0.5, 0.6) is 11.5 Å². The molecule has 2 aromatic heterocycles. The SMILES string of the molecule is CCCC1=C(C(=O)OCC)[C@H](c2cc(OC)ccc2OC)n2c(s/c(=C\c3ccc(-c4cccc([N+](=O)[O-])c4)o3)c2=O)=N1. The fourth-order valence-corrected chi connectivity index (χ4v) is 5.96. The third-order valence-corrected chi connectivity index (χ3v) is 7.85. The van der Waals surface area contributed by atoms with E-state index in [2.05, 4.69) is 0 Å². The van der Waals surface area contributed by atoms with E-state index >= 15 is 0 Å². The van der Waals surface area contributed by atoms with Crippen LogP contribution in [0.3, 0.4) is 0 Å². The van der Waals surface area contributed by atoms with Gasteiger partial charge >= 0.3 is 5.97 Å². The minimum atomic E-state index is -0.888. The van der Waals surface area contributed by atoms with Gasteiger partial charge in [-0.1, -0.05) is 36.8 Å². The molecule has 0 N–H and O–H groups in total. The molecular formula is C31H29N3O8S. The van der Waals surface area contributed by atoms with Crippen molar-refractivity contribution in [3.05, 3.63) is 107 Å². The second-order valence-corrected chi connectivity index (χ2v) is 10.5. The number of furan rings is 1. The molecule has 0 aliphatic carbocycles. The predicted octanol–water partition coefficient (Wildman–Crippen LogP) is 4.76. The molecule has 1 atom stereocenters. The second kappa shape index (κ2) is 12.5. The molecule has 0 bridgehead atoms. The number of ether oxygens (including phenoxy) is 3. The maximum absolute atomic E-state index is 14.1. The quantitative estimate of drug-likeness (QED) is 0.144. The lowest BCUT2D eigenvalue weighted by Crippen LogP contribution is -2.40. The molecule has 0 spiro atoms. The molecule has 3 heterocycles. The Balaban J connectivity index is 1.70. The van der Waals surface area contributed by atoms with Gasteiger partial charge in [0, 0.05) is 29.3 Å². The summed E-state index contributed by atoms with van der Waals surface area (Å²) in [6, 6.07) is 13.8. The number of hydrogen-bond acceptors (Lipinski definition) is 10. The summed E-state index contributed by atoms with van der Waals surface area (Å²) < 4.78 is 24.4. The third-order valence-electron chi connectivity index (χ3n) is 6.87. The molecule has 0 saturated heterocycles. The van der Waals surface area contributed by atoms with Gasteiger partial charge in [-0.3, -0.25) is 19.5 Å². The second-order valence-electron chi connectivity index (χ2n) is 9.53. The number of thiazole rings is 1. The fraction of sp³-hybridized carbons (Fsp3) is 0.258. The first-order valence-electron chi connectivity index (χ1n) is 13.6. The van der Waals surface area contributed by atoms with E-state index in [0.29, 0.717) is 62.0 Å². The minimum Gasteiger partial charge on any atom is -0.497 e. The van der Waals surface area contributed by atoms with E-state index < -0.39 is 16.9 Å². The Bertz CT molecular complexity index is 1920. The largest absolute Gasteiger partial charge is 0.497 e. The number of nitrogens with zero attached hydrogens (tertiary/aromatic N) is 3. The Morgan fingerprint density at radius 2 is 1.95 bits per heavy atom. The molecular weight excluding hydrogens is 574 g/mol. The van der Waals surface area contributed by atoms with Gasteiger partial charge in [0.25, 0.3) is 11.2 Å². The Hall–Kier alpha value is -4.97. The van der Waals surface area contributed by atoms with Gasteiger partial charge < -0.3 is 18.6 Å². The smallest absolute Gasteiger partial charge is 0.338 e. The number of hydrogen-bond donors (Lipinski definition) is 0. The normalized spacial score (nSPS) is 14.7. The number of aromatic nitrogens is 1. The van der Waals surface area contributed by atoms with E-state index in [0.717, 1.165) is 0 Å². The number of non-ortho nitro benzene ring substituents is 1. The van der Waals surface area contributed by atoms with Crippen molar-refractivity contribution in [1.29, 1.82) is 0 Å². The average molecular weight is 604 g/mol. The van der Waals surface area contributed by atoms with Gasteiger partial charge in [-0.05, 0) is 43.7 Å². The number of rotatable bonds is 10. The first-order valence-corrected chi connectivity index (χ1v) is 14.4. The molecule has 12 heteroatoms. The zero-order chi connectivity index (χ0) is 30.7. The highest BCUT2D eigenvalue weighted by Gasteiger charge is 2.36. The van der Waals surface area contributed by atoms with Crippen LogP contribution in [0.15, 0.2) is 80.1 Å². The number of methoxy groups -OCH3 is 2. The van der Waals surface area contributed by atoms with Crippen LogP contribution >= 0.6 is 11.3 Å². The van der Waals surface area contributed by atoms with E-state index in [9.17, 15) is 19.7 Å². The number of carbonyl (C=O) groups excluding carboxylic acids is 1. The predicted molar refractivity (Wildman–Crippen MR) is 160 cm³/mol. The molecule has 1 aliphatic rings. The summed E-state index contributed by atoms with van der Waals surface area (Å²) in [7, 11) is 3.05. The van der Waals surface area contributed by atoms with Gasteiger partial charge in [0.2, 0.25) is 0 Å². The molecule has 4 aromatic rings. The highest BCUT2D eigenvalue weighted by atomic mass is 32.1. The number of fused-ring (bicyclic) bond motifs is 1. The molecule has 2 aromatic carbocycles. The van der Waals surface area contributed by atoms with Crippen molar-refractivity contribution in [2.24, 2.45) is 4.99 Å². The van der Waals surface area contributed by atoms with Crippen LogP contribution in [0.1, 0.15) is 44.1 Å². The number of nitro benzene ring substituents is 1. The Labute approximate surface area is 250 Å². The summed E-state index contributed by atoms with van der Waals surface area (Å²) in [5.41, 5.74) is 1.44. The molecule has 1 aliphatic heterocycles. The van der Waals surface area contributed by atoms with Crippen LogP contribution in [0.4, 0.5) is 5.69 Å². The summed E-state index contributed by atoms with van der Waals surface area (Å²) in [5, 5.41) is 11.2. The van der Waals surface area contributed by atoms with Gasteiger partial charge in [0.1, 0.15) is 29.1 Å². The van der Waals surface area contributed by atoms with Crippen LogP contribution in [0.2, 0.25) is 0 Å². The van der Waals surface area contributed by atoms with Crippen molar-refractivity contribution < 1.29 is 28.3 Å². The first kappa shape index (κ1) is 29.5. The Kier molecular flexibility index (Phi) is 8.58. The monoisotopic (exact) mass is 603 g/mol. The lowest BCUT2D eigenvalue weighted by atomic mass is 9.93. The summed E-state index contributed by atoms with van der Waals surface area (Å²) in [6.07, 6.45) is 2.80. The average Bonchev–Trinajstić information content (AvgIpc) is 3.60. The maximum Gasteiger partial charge on any atom is 0.338 e. The van der Waals surface area contributed by atoms with Crippen LogP contribution in [-0.2, 0) is 9.53 Å². The van der Waals surface area contributed by atoms with E-state index in [4.69, 9.17) is 23.6 Å². The Morgan fingerprint density at radius 3 is 2.65 bits per heavy atom. The molecule has 0 amide bonds. The molecule has 11 nitrogen and oxygen atoms in total. The van der Waals surface area contributed by atoms with Gasteiger partial charge in [-0.15, -0.1) is 0 Å². The summed E-state index contributed by atoms with van der Waals surface area (Å²) in [4.78, 5) is 43.4. The fourth-order valence-electron chi connectivity index (χ4n) is 4.96. The van der Waals surface area contributed by atoms with E-state index in [-0.39, 0.29) is 23.4 Å². The molecule has 222 valence electrons. The molecule has 0 radical (unpaired) electrons. The van der Waals surface area contributed by atoms with E-state index in [1.807, 2.05) is 6.92 Å². The van der Waals surface area contributed by atoms with Crippen LogP contribution in [-0.4, -0.2) is 36.3 Å². The summed E-state index contributed by atoms with van der Waals surface area (Å²) in [5.74, 6) is 1.22. The van der Waals surface area contributed by atoms with Crippen molar-refractivity contribution in [2.45, 2.75) is 32.7 Å². The third kappa shape index (κ3) is 5.73. The maximum atomic E-state index is 14.1. The lowest BCUT2D eigenvalue weighted by molar-refractivity contribution is -0.384. The van der Waals surface area contributed by atoms with E-state index in [1.54, 1.807) is 55.5 Å². The number of nitro groups is 1. The standard InChI is InChI=1S/C31H29N3O8S/c1-5-8-23-27(30(36)41-6-2)28(22-16-20(39-3)11-14-25(22)40-4)33-29(35)26(43-31(33)32-23)17-21-12-13-24(42-21)18-9-7-10-19(15-18)34(37)38/h7,9-17,28H,5-6,8H2,1-4H3/b26-17-/t28-/m0/s1. The zero-order valence-electron chi connectivity index (χ0n) is 24.0. The van der Waals surface area contributed by atoms with Gasteiger partial charge in [0.15, 0.2) is 4.80 Å². The number of carbonyl (C=O) groups is 1. The van der Waals surface area contributed by atoms with E-state index in [1.165, 1.54) is 42.3 Å². The van der Waals surface area contributed by atoms with Gasteiger partial charge in [0.05, 0.1) is 41.6 Å². The number of allylic oxidation sites excluding steroid dienone is 1. The van der Waals surface area contributed by atoms with Crippen LogP contribution in [0, 0.1) is 10.1 Å². The number of esters is 1. The van der Waals surface area contributed by atoms with Crippen molar-refractivity contribution >= 4 is 29.1 Å². The molecule has 0 saturated carbocycles. The van der Waals surface area contributed by atoms with Gasteiger partial charge in [-0.25, -0.2) is 9.79 Å². The van der Waals surface area contributed by atoms with Crippen molar-refractivity contribution in [2.75, 3.05) is 20.8 Å². The first-order chi connectivity index (χ1) is 20.8. The van der Waals surface area contributed by atoms with Crippen molar-refractivity contribution in [3.8, 4) is 22.8 Å². The Morgan fingerprint density at radius 1 is 1.14 bits per heavy atom. The molecule has 43 heavy (non-hydrogen) atoms. The molecule has 0 unspecified atom stereocenters. The topological polar surface area (TPSA) is 135 Å². The van der Waals surface area contributed by atoms with Crippen molar-refractivity contribution in [3.63, 3.8) is 0 Å². The van der Waals surface area contributed by atoms with Crippen molar-refractivity contribution in [1.82, 2.24) is 4.57 Å². The van der Waals surface area contributed by atoms with Crippen LogP contribution in [0.25, 0.3) is 17.4 Å². The number of benzene rings is 2.